The lowest BCUT2D eigenvalue weighted by atomic mass is 10.1. The van der Waals surface area contributed by atoms with E-state index >= 15 is 0 Å². The number of nitrogens with zero attached hydrogens (tertiary/aromatic N) is 1. The van der Waals surface area contributed by atoms with Crippen LogP contribution in [0.2, 0.25) is 0 Å². The number of hydrogen-bond donors (Lipinski definition) is 1. The summed E-state index contributed by atoms with van der Waals surface area (Å²) in [4.78, 5) is 23.5. The van der Waals surface area contributed by atoms with Gasteiger partial charge in [-0.2, -0.15) is 0 Å². The minimum Gasteiger partial charge on any atom is -0.493 e. The molecule has 0 aliphatic heterocycles. The summed E-state index contributed by atoms with van der Waals surface area (Å²) in [5.41, 5.74) is 2.10. The normalized spacial score (nSPS) is 10.8. The van der Waals surface area contributed by atoms with Crippen molar-refractivity contribution in [1.29, 1.82) is 0 Å². The molecule has 11 heteroatoms. The highest BCUT2D eigenvalue weighted by Gasteiger charge is 2.16. The Bertz CT molecular complexity index is 1420. The van der Waals surface area contributed by atoms with E-state index in [9.17, 15) is 14.9 Å². The van der Waals surface area contributed by atoms with E-state index in [0.29, 0.717) is 45.6 Å². The van der Waals surface area contributed by atoms with Crippen molar-refractivity contribution in [2.24, 2.45) is 0 Å². The van der Waals surface area contributed by atoms with E-state index in [2.05, 4.69) is 5.32 Å². The average Bonchev–Trinajstić information content (AvgIpc) is 2.97. The third-order valence-corrected chi connectivity index (χ3v) is 5.74. The van der Waals surface area contributed by atoms with Gasteiger partial charge in [0.15, 0.2) is 28.7 Å². The molecule has 0 fully saturated rings. The molecule has 210 valence electrons. The van der Waals surface area contributed by atoms with E-state index in [1.165, 1.54) is 52.7 Å². The summed E-state index contributed by atoms with van der Waals surface area (Å²) in [6.07, 6.45) is 6.38. The summed E-state index contributed by atoms with van der Waals surface area (Å²) in [6.45, 7) is 0. The van der Waals surface area contributed by atoms with E-state index in [1.807, 2.05) is 12.2 Å². The van der Waals surface area contributed by atoms with Crippen molar-refractivity contribution in [3.8, 4) is 34.5 Å². The minimum atomic E-state index is -0.551. The van der Waals surface area contributed by atoms with Gasteiger partial charge in [0.2, 0.25) is 11.7 Å². The molecule has 0 saturated heterocycles. The number of rotatable bonds is 12. The molecule has 0 atom stereocenters. The summed E-state index contributed by atoms with van der Waals surface area (Å²) >= 11 is 0. The van der Waals surface area contributed by atoms with Crippen molar-refractivity contribution in [3.05, 3.63) is 75.3 Å². The zero-order valence-corrected chi connectivity index (χ0v) is 23.0. The molecule has 1 N–H and O–H groups in total. The molecule has 3 rings (SSSR count). The van der Waals surface area contributed by atoms with Gasteiger partial charge in [-0.25, -0.2) is 0 Å². The van der Waals surface area contributed by atoms with Crippen molar-refractivity contribution in [2.45, 2.75) is 0 Å². The summed E-state index contributed by atoms with van der Waals surface area (Å²) < 4.78 is 32.2. The van der Waals surface area contributed by atoms with Crippen molar-refractivity contribution in [1.82, 2.24) is 0 Å². The Kier molecular flexibility index (Phi) is 9.95. The van der Waals surface area contributed by atoms with Crippen LogP contribution in [0.1, 0.15) is 16.7 Å². The molecule has 3 aromatic carbocycles. The van der Waals surface area contributed by atoms with Gasteiger partial charge < -0.3 is 33.7 Å². The van der Waals surface area contributed by atoms with Crippen LogP contribution in [0.25, 0.3) is 18.2 Å². The van der Waals surface area contributed by atoms with Crippen LogP contribution < -0.4 is 33.7 Å². The van der Waals surface area contributed by atoms with Crippen LogP contribution in [-0.2, 0) is 4.79 Å². The standard InChI is InChI=1S/C29H30N2O9/c1-35-23-11-9-18(14-22(23)31(33)34)10-12-27(32)30-21-13-19(15-24(36-2)28(21)39-5)7-8-20-16-25(37-3)29(40-6)26(17-20)38-4/h7-17H,1-6H3,(H,30,32)/b8-7+,12-10+. The Morgan fingerprint density at radius 2 is 1.20 bits per heavy atom. The number of methoxy groups -OCH3 is 6. The number of carbonyl (C=O) groups excluding carboxylic acids is 1. The third kappa shape index (κ3) is 6.81. The van der Waals surface area contributed by atoms with Gasteiger partial charge >= 0.3 is 5.69 Å². The zero-order valence-electron chi connectivity index (χ0n) is 23.0. The van der Waals surface area contributed by atoms with E-state index in [4.69, 9.17) is 28.4 Å². The average molecular weight is 551 g/mol. The van der Waals surface area contributed by atoms with Gasteiger partial charge in [0.05, 0.1) is 53.3 Å². The molecule has 0 heterocycles. The number of amides is 1. The highest BCUT2D eigenvalue weighted by molar-refractivity contribution is 6.03. The van der Waals surface area contributed by atoms with Crippen LogP contribution >= 0.6 is 0 Å². The maximum atomic E-state index is 12.8. The lowest BCUT2D eigenvalue weighted by Gasteiger charge is -2.14. The molecule has 0 unspecified atom stereocenters. The Labute approximate surface area is 231 Å². The molecule has 11 nitrogen and oxygen atoms in total. The Morgan fingerprint density at radius 3 is 1.70 bits per heavy atom. The number of nitro benzene ring substituents is 1. The molecule has 0 spiro atoms. The predicted molar refractivity (Wildman–Crippen MR) is 152 cm³/mol. The maximum Gasteiger partial charge on any atom is 0.311 e. The van der Waals surface area contributed by atoms with E-state index in [0.717, 1.165) is 5.56 Å². The van der Waals surface area contributed by atoms with Crippen LogP contribution in [0.15, 0.2) is 48.5 Å². The smallest absolute Gasteiger partial charge is 0.311 e. The lowest BCUT2D eigenvalue weighted by Crippen LogP contribution is -2.09. The molecule has 0 radical (unpaired) electrons. The van der Waals surface area contributed by atoms with Gasteiger partial charge in [-0.1, -0.05) is 18.2 Å². The largest absolute Gasteiger partial charge is 0.493 e. The van der Waals surface area contributed by atoms with Gasteiger partial charge in [0.25, 0.3) is 0 Å². The number of ether oxygens (including phenoxy) is 6. The van der Waals surface area contributed by atoms with Gasteiger partial charge in [-0.15, -0.1) is 0 Å². The number of carbonyl (C=O) groups is 1. The molecule has 40 heavy (non-hydrogen) atoms. The molecule has 1 amide bonds. The van der Waals surface area contributed by atoms with Crippen LogP contribution in [-0.4, -0.2) is 53.5 Å². The highest BCUT2D eigenvalue weighted by Crippen LogP contribution is 2.40. The quantitative estimate of drug-likeness (QED) is 0.135. The number of anilines is 1. The first-order valence-electron chi connectivity index (χ1n) is 11.8. The molecule has 3 aromatic rings. The summed E-state index contributed by atoms with van der Waals surface area (Å²) in [6, 6.07) is 11.5. The first-order valence-corrected chi connectivity index (χ1v) is 11.8. The SMILES string of the molecule is COc1ccc(/C=C/C(=O)Nc2cc(/C=C/c3cc(OC)c(OC)c(OC)c3)cc(OC)c2OC)cc1[N+](=O)[O-]. The molecule has 0 aromatic heterocycles. The predicted octanol–water partition coefficient (Wildman–Crippen LogP) is 5.47. The highest BCUT2D eigenvalue weighted by atomic mass is 16.6. The fourth-order valence-electron chi connectivity index (χ4n) is 3.86. The van der Waals surface area contributed by atoms with Crippen LogP contribution in [0.3, 0.4) is 0 Å². The molecule has 0 saturated carbocycles. The van der Waals surface area contributed by atoms with Crippen molar-refractivity contribution in [3.63, 3.8) is 0 Å². The van der Waals surface area contributed by atoms with Crippen LogP contribution in [0, 0.1) is 10.1 Å². The molecular formula is C29H30N2O9. The monoisotopic (exact) mass is 550 g/mol. The second-order valence-corrected chi connectivity index (χ2v) is 8.11. The number of nitro groups is 1. The summed E-state index contributed by atoms with van der Waals surface area (Å²) in [5, 5.41) is 14.1. The summed E-state index contributed by atoms with van der Waals surface area (Å²) in [5.74, 6) is 1.88. The second-order valence-electron chi connectivity index (χ2n) is 8.11. The van der Waals surface area contributed by atoms with Crippen LogP contribution in [0.4, 0.5) is 11.4 Å². The van der Waals surface area contributed by atoms with E-state index in [1.54, 1.807) is 44.6 Å². The zero-order chi connectivity index (χ0) is 29.2. The topological polar surface area (TPSA) is 128 Å². The number of benzene rings is 3. The first kappa shape index (κ1) is 29.4. The fourth-order valence-corrected chi connectivity index (χ4v) is 3.86. The number of nitrogens with one attached hydrogen (secondary N) is 1. The van der Waals surface area contributed by atoms with Gasteiger partial charge in [-0.3, -0.25) is 14.9 Å². The Hall–Kier alpha value is -5.19. The molecule has 0 bridgehead atoms. The van der Waals surface area contributed by atoms with E-state index < -0.39 is 10.8 Å². The number of hydrogen-bond acceptors (Lipinski definition) is 9. The van der Waals surface area contributed by atoms with Gasteiger partial charge in [0, 0.05) is 12.1 Å². The second kappa shape index (κ2) is 13.6. The fraction of sp³-hybridized carbons (Fsp3) is 0.207. The molecular weight excluding hydrogens is 520 g/mol. The first-order chi connectivity index (χ1) is 19.3. The van der Waals surface area contributed by atoms with Crippen molar-refractivity contribution in [2.75, 3.05) is 48.0 Å². The molecule has 0 aliphatic rings. The lowest BCUT2D eigenvalue weighted by molar-refractivity contribution is -0.385. The van der Waals surface area contributed by atoms with Gasteiger partial charge in [-0.05, 0) is 53.1 Å². The van der Waals surface area contributed by atoms with Gasteiger partial charge in [0.1, 0.15) is 0 Å². The summed E-state index contributed by atoms with van der Waals surface area (Å²) in [7, 11) is 8.92. The Morgan fingerprint density at radius 1 is 0.675 bits per heavy atom. The minimum absolute atomic E-state index is 0.125. The maximum absolute atomic E-state index is 12.8. The van der Waals surface area contributed by atoms with Crippen LogP contribution in [0.5, 0.6) is 34.5 Å². The van der Waals surface area contributed by atoms with E-state index in [-0.39, 0.29) is 11.4 Å². The molecule has 0 aliphatic carbocycles. The van der Waals surface area contributed by atoms with Crippen molar-refractivity contribution < 1.29 is 38.1 Å². The Balaban J connectivity index is 1.90. The van der Waals surface area contributed by atoms with Crippen molar-refractivity contribution >= 4 is 35.5 Å². The third-order valence-electron chi connectivity index (χ3n) is 5.74.